The number of methoxy groups -OCH3 is 1. The summed E-state index contributed by atoms with van der Waals surface area (Å²) in [4.78, 5) is 10.9. The van der Waals surface area contributed by atoms with Crippen LogP contribution in [0, 0.1) is 20.8 Å². The maximum Gasteiger partial charge on any atom is 0.513 e. The molecule has 3 nitrogen and oxygen atoms in total. The SMILES string of the molecule is COC(=O)Oc1c(C)cc(C)cc1C. The maximum absolute atomic E-state index is 10.9. The Balaban J connectivity index is 3.02. The molecule has 1 aromatic rings. The molecule has 0 aliphatic rings. The van der Waals surface area contributed by atoms with Crippen LogP contribution in [0.5, 0.6) is 5.75 Å². The van der Waals surface area contributed by atoms with Crippen LogP contribution >= 0.6 is 0 Å². The van der Waals surface area contributed by atoms with Crippen LogP contribution in [-0.4, -0.2) is 13.3 Å². The van der Waals surface area contributed by atoms with Gasteiger partial charge in [-0.2, -0.15) is 0 Å². The van der Waals surface area contributed by atoms with Crippen molar-refractivity contribution >= 4 is 6.16 Å². The minimum atomic E-state index is -0.681. The van der Waals surface area contributed by atoms with E-state index in [0.29, 0.717) is 5.75 Å². The van der Waals surface area contributed by atoms with Gasteiger partial charge in [-0.25, -0.2) is 4.79 Å². The second kappa shape index (κ2) is 4.13. The second-order valence-electron chi connectivity index (χ2n) is 3.28. The quantitative estimate of drug-likeness (QED) is 0.509. The average molecular weight is 194 g/mol. The highest BCUT2D eigenvalue weighted by molar-refractivity contribution is 5.65. The van der Waals surface area contributed by atoms with Gasteiger partial charge in [-0.15, -0.1) is 0 Å². The molecular formula is C11H14O3. The van der Waals surface area contributed by atoms with Gasteiger partial charge in [0.05, 0.1) is 7.11 Å². The molecular weight excluding hydrogens is 180 g/mol. The summed E-state index contributed by atoms with van der Waals surface area (Å²) < 4.78 is 9.45. The van der Waals surface area contributed by atoms with E-state index in [0.717, 1.165) is 16.7 Å². The van der Waals surface area contributed by atoms with Crippen molar-refractivity contribution in [2.75, 3.05) is 7.11 Å². The highest BCUT2D eigenvalue weighted by Gasteiger charge is 2.09. The third kappa shape index (κ3) is 2.25. The topological polar surface area (TPSA) is 35.5 Å². The Morgan fingerprint density at radius 2 is 1.64 bits per heavy atom. The van der Waals surface area contributed by atoms with E-state index in [-0.39, 0.29) is 0 Å². The molecule has 1 aromatic carbocycles. The Labute approximate surface area is 83.6 Å². The van der Waals surface area contributed by atoms with Crippen molar-refractivity contribution in [2.24, 2.45) is 0 Å². The van der Waals surface area contributed by atoms with Gasteiger partial charge in [0.15, 0.2) is 0 Å². The largest absolute Gasteiger partial charge is 0.513 e. The lowest BCUT2D eigenvalue weighted by Crippen LogP contribution is -2.09. The molecule has 14 heavy (non-hydrogen) atoms. The van der Waals surface area contributed by atoms with Gasteiger partial charge in [0, 0.05) is 0 Å². The Bertz CT molecular complexity index is 333. The fourth-order valence-electron chi connectivity index (χ4n) is 1.45. The molecule has 0 spiro atoms. The summed E-state index contributed by atoms with van der Waals surface area (Å²) in [6.45, 7) is 5.80. The number of benzene rings is 1. The molecule has 76 valence electrons. The molecule has 1 rings (SSSR count). The van der Waals surface area contributed by atoms with E-state index in [4.69, 9.17) is 4.74 Å². The zero-order valence-electron chi connectivity index (χ0n) is 8.88. The molecule has 0 N–H and O–H groups in total. The van der Waals surface area contributed by atoms with Crippen molar-refractivity contribution in [1.82, 2.24) is 0 Å². The highest BCUT2D eigenvalue weighted by atomic mass is 16.7. The van der Waals surface area contributed by atoms with Gasteiger partial charge < -0.3 is 9.47 Å². The monoisotopic (exact) mass is 194 g/mol. The first kappa shape index (κ1) is 10.6. The van der Waals surface area contributed by atoms with Gasteiger partial charge in [-0.05, 0) is 31.9 Å². The molecule has 0 saturated heterocycles. The molecule has 0 aromatic heterocycles. The van der Waals surface area contributed by atoms with E-state index in [1.54, 1.807) is 0 Å². The van der Waals surface area contributed by atoms with Gasteiger partial charge in [0.2, 0.25) is 0 Å². The first-order valence-electron chi connectivity index (χ1n) is 4.38. The molecule has 0 atom stereocenters. The molecule has 0 unspecified atom stereocenters. The van der Waals surface area contributed by atoms with Crippen LogP contribution in [0.3, 0.4) is 0 Å². The van der Waals surface area contributed by atoms with Crippen molar-refractivity contribution in [3.8, 4) is 5.75 Å². The fraction of sp³-hybridized carbons (Fsp3) is 0.364. The Morgan fingerprint density at radius 3 is 2.07 bits per heavy atom. The number of ether oxygens (including phenoxy) is 2. The number of hydrogen-bond acceptors (Lipinski definition) is 3. The molecule has 0 aliphatic carbocycles. The average Bonchev–Trinajstić information content (AvgIpc) is 2.10. The highest BCUT2D eigenvalue weighted by Crippen LogP contribution is 2.24. The zero-order chi connectivity index (χ0) is 10.7. The minimum absolute atomic E-state index is 0.586. The molecule has 3 heteroatoms. The maximum atomic E-state index is 10.9. The van der Waals surface area contributed by atoms with E-state index in [1.807, 2.05) is 32.9 Å². The Kier molecular flexibility index (Phi) is 3.12. The van der Waals surface area contributed by atoms with Crippen LogP contribution in [-0.2, 0) is 4.74 Å². The van der Waals surface area contributed by atoms with Crippen LogP contribution in [0.2, 0.25) is 0 Å². The Morgan fingerprint density at radius 1 is 1.14 bits per heavy atom. The summed E-state index contributed by atoms with van der Waals surface area (Å²) in [6.07, 6.45) is -0.681. The summed E-state index contributed by atoms with van der Waals surface area (Å²) in [5.74, 6) is 0.586. The first-order chi connectivity index (χ1) is 6.54. The van der Waals surface area contributed by atoms with Gasteiger partial charge >= 0.3 is 6.16 Å². The van der Waals surface area contributed by atoms with Crippen molar-refractivity contribution in [1.29, 1.82) is 0 Å². The molecule has 0 radical (unpaired) electrons. The van der Waals surface area contributed by atoms with Crippen molar-refractivity contribution in [2.45, 2.75) is 20.8 Å². The first-order valence-corrected chi connectivity index (χ1v) is 4.38. The molecule has 0 aliphatic heterocycles. The summed E-state index contributed by atoms with van der Waals surface area (Å²) in [6, 6.07) is 3.93. The number of rotatable bonds is 1. The van der Waals surface area contributed by atoms with E-state index in [2.05, 4.69) is 4.74 Å². The standard InChI is InChI=1S/C11H14O3/c1-7-5-8(2)10(9(3)6-7)14-11(12)13-4/h5-6H,1-4H3. The smallest absolute Gasteiger partial charge is 0.437 e. The van der Waals surface area contributed by atoms with Crippen molar-refractivity contribution in [3.05, 3.63) is 28.8 Å². The summed E-state index contributed by atoms with van der Waals surface area (Å²) in [5.41, 5.74) is 3.03. The number of carbonyl (C=O) groups excluding carboxylic acids is 1. The van der Waals surface area contributed by atoms with Crippen LogP contribution in [0.15, 0.2) is 12.1 Å². The molecule has 0 fully saturated rings. The molecule has 0 saturated carbocycles. The third-order valence-electron chi connectivity index (χ3n) is 1.96. The lowest BCUT2D eigenvalue weighted by Gasteiger charge is -2.10. The van der Waals surface area contributed by atoms with E-state index < -0.39 is 6.16 Å². The fourth-order valence-corrected chi connectivity index (χ4v) is 1.45. The summed E-state index contributed by atoms with van der Waals surface area (Å²) in [5, 5.41) is 0. The normalized spacial score (nSPS) is 9.71. The number of hydrogen-bond donors (Lipinski definition) is 0. The van der Waals surface area contributed by atoms with Gasteiger partial charge in [0.1, 0.15) is 5.75 Å². The van der Waals surface area contributed by atoms with E-state index >= 15 is 0 Å². The lowest BCUT2D eigenvalue weighted by molar-refractivity contribution is 0.121. The van der Waals surface area contributed by atoms with Crippen LogP contribution in [0.4, 0.5) is 4.79 Å². The van der Waals surface area contributed by atoms with E-state index in [9.17, 15) is 4.79 Å². The zero-order valence-corrected chi connectivity index (χ0v) is 8.88. The minimum Gasteiger partial charge on any atom is -0.437 e. The predicted octanol–water partition coefficient (Wildman–Crippen LogP) is 2.76. The Hall–Kier alpha value is -1.51. The second-order valence-corrected chi connectivity index (χ2v) is 3.28. The molecule has 0 amide bonds. The third-order valence-corrected chi connectivity index (χ3v) is 1.96. The van der Waals surface area contributed by atoms with Crippen LogP contribution in [0.25, 0.3) is 0 Å². The summed E-state index contributed by atoms with van der Waals surface area (Å²) >= 11 is 0. The van der Waals surface area contributed by atoms with Crippen LogP contribution in [0.1, 0.15) is 16.7 Å². The summed E-state index contributed by atoms with van der Waals surface area (Å²) in [7, 11) is 1.29. The van der Waals surface area contributed by atoms with Gasteiger partial charge in [-0.3, -0.25) is 0 Å². The van der Waals surface area contributed by atoms with Crippen molar-refractivity contribution in [3.63, 3.8) is 0 Å². The lowest BCUT2D eigenvalue weighted by atomic mass is 10.1. The number of carbonyl (C=O) groups is 1. The van der Waals surface area contributed by atoms with Gasteiger partial charge in [-0.1, -0.05) is 17.7 Å². The number of aryl methyl sites for hydroxylation is 3. The van der Waals surface area contributed by atoms with Crippen molar-refractivity contribution < 1.29 is 14.3 Å². The van der Waals surface area contributed by atoms with Gasteiger partial charge in [0.25, 0.3) is 0 Å². The molecule has 0 heterocycles. The predicted molar refractivity (Wildman–Crippen MR) is 53.7 cm³/mol. The molecule has 0 bridgehead atoms. The van der Waals surface area contributed by atoms with Crippen LogP contribution < -0.4 is 4.74 Å². The van der Waals surface area contributed by atoms with E-state index in [1.165, 1.54) is 7.11 Å².